The van der Waals surface area contributed by atoms with Crippen molar-refractivity contribution in [3.63, 3.8) is 0 Å². The minimum atomic E-state index is 0.610. The van der Waals surface area contributed by atoms with Crippen molar-refractivity contribution >= 4 is 28.1 Å². The zero-order chi connectivity index (χ0) is 11.4. The lowest BCUT2D eigenvalue weighted by atomic mass is 10.2. The molecule has 0 fully saturated rings. The van der Waals surface area contributed by atoms with Crippen LogP contribution in [0.15, 0.2) is 30.5 Å². The van der Waals surface area contributed by atoms with Gasteiger partial charge in [-0.3, -0.25) is 0 Å². The van der Waals surface area contributed by atoms with E-state index in [2.05, 4.69) is 16.4 Å². The first kappa shape index (κ1) is 10.9. The number of halogens is 1. The maximum absolute atomic E-state index is 8.64. The van der Waals surface area contributed by atoms with E-state index in [0.29, 0.717) is 11.4 Å². The number of benzene rings is 1. The fourth-order valence-electron chi connectivity index (χ4n) is 1.19. The van der Waals surface area contributed by atoms with E-state index in [4.69, 9.17) is 16.9 Å². The summed E-state index contributed by atoms with van der Waals surface area (Å²) in [5, 5.41) is 13.3. The molecule has 0 amide bonds. The molecule has 2 aromatic rings. The molecule has 0 saturated carbocycles. The highest BCUT2D eigenvalue weighted by molar-refractivity contribution is 7.16. The molecule has 1 aromatic carbocycles. The van der Waals surface area contributed by atoms with Gasteiger partial charge in [0.25, 0.3) is 0 Å². The summed E-state index contributed by atoms with van der Waals surface area (Å²) in [4.78, 5) is 4.69. The van der Waals surface area contributed by atoms with Gasteiger partial charge in [-0.15, -0.1) is 0 Å². The molecule has 0 atom stereocenters. The van der Waals surface area contributed by atoms with Gasteiger partial charge in [-0.1, -0.05) is 35.1 Å². The summed E-state index contributed by atoms with van der Waals surface area (Å²) < 4.78 is 0. The van der Waals surface area contributed by atoms with Crippen molar-refractivity contribution in [3.8, 4) is 6.07 Å². The first-order valence-electron chi connectivity index (χ1n) is 4.62. The fraction of sp³-hybridized carbons (Fsp3) is 0.0909. The highest BCUT2D eigenvalue weighted by Crippen LogP contribution is 2.18. The first-order chi connectivity index (χ1) is 7.78. The number of hydrogen-bond acceptors (Lipinski definition) is 4. The van der Waals surface area contributed by atoms with Gasteiger partial charge in [0.1, 0.15) is 10.9 Å². The van der Waals surface area contributed by atoms with Gasteiger partial charge in [-0.2, -0.15) is 5.26 Å². The summed E-state index contributed by atoms with van der Waals surface area (Å²) in [5.74, 6) is 0. The molecule has 0 saturated heterocycles. The van der Waals surface area contributed by atoms with Crippen molar-refractivity contribution in [1.29, 1.82) is 5.26 Å². The van der Waals surface area contributed by atoms with Gasteiger partial charge in [0, 0.05) is 11.6 Å². The number of rotatable bonds is 3. The van der Waals surface area contributed by atoms with Crippen LogP contribution >= 0.6 is 22.9 Å². The number of nitrogens with zero attached hydrogens (tertiary/aromatic N) is 2. The molecule has 0 bridgehead atoms. The van der Waals surface area contributed by atoms with Gasteiger partial charge in [0.15, 0.2) is 5.13 Å². The van der Waals surface area contributed by atoms with Gasteiger partial charge in [-0.05, 0) is 17.7 Å². The Hall–Kier alpha value is -1.57. The standard InChI is InChI=1S/C11H8ClN3S/c12-9-3-1-8(2-4-9)6-14-11-15-7-10(5-13)16-11/h1-4,7H,6H2,(H,14,15). The summed E-state index contributed by atoms with van der Waals surface area (Å²) in [6.45, 7) is 0.676. The minimum Gasteiger partial charge on any atom is -0.357 e. The lowest BCUT2D eigenvalue weighted by molar-refractivity contribution is 1.13. The third kappa shape index (κ3) is 2.72. The van der Waals surface area contributed by atoms with Gasteiger partial charge >= 0.3 is 0 Å². The van der Waals surface area contributed by atoms with Crippen LogP contribution in [-0.4, -0.2) is 4.98 Å². The third-order valence-electron chi connectivity index (χ3n) is 1.97. The van der Waals surface area contributed by atoms with Gasteiger partial charge < -0.3 is 5.32 Å². The van der Waals surface area contributed by atoms with Crippen molar-refractivity contribution in [2.45, 2.75) is 6.54 Å². The third-order valence-corrected chi connectivity index (χ3v) is 3.08. The summed E-state index contributed by atoms with van der Waals surface area (Å²) >= 11 is 7.13. The van der Waals surface area contributed by atoms with Crippen molar-refractivity contribution in [2.24, 2.45) is 0 Å². The number of hydrogen-bond donors (Lipinski definition) is 1. The Balaban J connectivity index is 1.97. The summed E-state index contributed by atoms with van der Waals surface area (Å²) in [7, 11) is 0. The Kier molecular flexibility index (Phi) is 3.40. The molecule has 1 aromatic heterocycles. The second-order valence-corrected chi connectivity index (χ2v) is 4.59. The van der Waals surface area contributed by atoms with E-state index in [1.165, 1.54) is 11.3 Å². The maximum atomic E-state index is 8.64. The van der Waals surface area contributed by atoms with Crippen LogP contribution in [0.25, 0.3) is 0 Å². The van der Waals surface area contributed by atoms with Crippen molar-refractivity contribution in [2.75, 3.05) is 5.32 Å². The first-order valence-corrected chi connectivity index (χ1v) is 5.81. The maximum Gasteiger partial charge on any atom is 0.184 e. The number of nitriles is 1. The molecule has 1 N–H and O–H groups in total. The molecule has 80 valence electrons. The van der Waals surface area contributed by atoms with Crippen LogP contribution in [0, 0.1) is 11.3 Å². The number of aromatic nitrogens is 1. The Labute approximate surface area is 102 Å². The molecule has 0 aliphatic rings. The van der Waals surface area contributed by atoms with E-state index >= 15 is 0 Å². The molecule has 16 heavy (non-hydrogen) atoms. The number of nitrogens with one attached hydrogen (secondary N) is 1. The Bertz CT molecular complexity index is 513. The predicted molar refractivity (Wildman–Crippen MR) is 65.6 cm³/mol. The molecule has 0 aliphatic heterocycles. The van der Waals surface area contributed by atoms with E-state index < -0.39 is 0 Å². The van der Waals surface area contributed by atoms with Gasteiger partial charge in [0.05, 0.1) is 6.20 Å². The molecule has 0 unspecified atom stereocenters. The molecule has 2 rings (SSSR count). The van der Waals surface area contributed by atoms with Crippen LogP contribution < -0.4 is 5.32 Å². The lowest BCUT2D eigenvalue weighted by Gasteiger charge is -2.02. The average molecular weight is 250 g/mol. The van der Waals surface area contributed by atoms with Gasteiger partial charge in [0.2, 0.25) is 0 Å². The highest BCUT2D eigenvalue weighted by atomic mass is 35.5. The molecule has 0 aliphatic carbocycles. The quantitative estimate of drug-likeness (QED) is 0.908. The topological polar surface area (TPSA) is 48.7 Å². The zero-order valence-corrected chi connectivity index (χ0v) is 9.85. The van der Waals surface area contributed by atoms with E-state index in [0.717, 1.165) is 15.7 Å². The monoisotopic (exact) mass is 249 g/mol. The van der Waals surface area contributed by atoms with E-state index in [1.54, 1.807) is 6.20 Å². The number of anilines is 1. The Morgan fingerprint density at radius 3 is 2.75 bits per heavy atom. The molecule has 0 radical (unpaired) electrons. The van der Waals surface area contributed by atoms with Crippen molar-refractivity contribution in [1.82, 2.24) is 4.98 Å². The minimum absolute atomic E-state index is 0.610. The van der Waals surface area contributed by atoms with Crippen LogP contribution in [0.2, 0.25) is 5.02 Å². The molecular formula is C11H8ClN3S. The van der Waals surface area contributed by atoms with Crippen molar-refractivity contribution < 1.29 is 0 Å². The average Bonchev–Trinajstić information content (AvgIpc) is 2.76. The van der Waals surface area contributed by atoms with Crippen molar-refractivity contribution in [3.05, 3.63) is 45.9 Å². The highest BCUT2D eigenvalue weighted by Gasteiger charge is 2.00. The van der Waals surface area contributed by atoms with Crippen LogP contribution in [0.5, 0.6) is 0 Å². The Morgan fingerprint density at radius 1 is 1.38 bits per heavy atom. The molecule has 5 heteroatoms. The molecule has 0 spiro atoms. The molecule has 3 nitrogen and oxygen atoms in total. The predicted octanol–water partition coefficient (Wildman–Crippen LogP) is 3.28. The summed E-state index contributed by atoms with van der Waals surface area (Å²) in [5.41, 5.74) is 1.12. The normalized spacial score (nSPS) is 9.75. The molecular weight excluding hydrogens is 242 g/mol. The summed E-state index contributed by atoms with van der Waals surface area (Å²) in [6.07, 6.45) is 1.56. The molecule has 1 heterocycles. The SMILES string of the molecule is N#Cc1cnc(NCc2ccc(Cl)cc2)s1. The fourth-order valence-corrected chi connectivity index (χ4v) is 1.92. The van der Waals surface area contributed by atoms with Gasteiger partial charge in [-0.25, -0.2) is 4.98 Å². The lowest BCUT2D eigenvalue weighted by Crippen LogP contribution is -1.97. The zero-order valence-electron chi connectivity index (χ0n) is 8.27. The second kappa shape index (κ2) is 4.97. The smallest absolute Gasteiger partial charge is 0.184 e. The van der Waals surface area contributed by atoms with E-state index in [-0.39, 0.29) is 0 Å². The number of thiazole rings is 1. The van der Waals surface area contributed by atoms with Crippen LogP contribution in [0.1, 0.15) is 10.4 Å². The largest absolute Gasteiger partial charge is 0.357 e. The van der Waals surface area contributed by atoms with Crippen LogP contribution in [0.3, 0.4) is 0 Å². The van der Waals surface area contributed by atoms with Crippen LogP contribution in [0.4, 0.5) is 5.13 Å². The second-order valence-electron chi connectivity index (χ2n) is 3.12. The Morgan fingerprint density at radius 2 is 2.12 bits per heavy atom. The van der Waals surface area contributed by atoms with E-state index in [1.807, 2.05) is 24.3 Å². The van der Waals surface area contributed by atoms with E-state index in [9.17, 15) is 0 Å². The summed E-state index contributed by atoms with van der Waals surface area (Å²) in [6, 6.07) is 9.65. The van der Waals surface area contributed by atoms with Crippen LogP contribution in [-0.2, 0) is 6.54 Å².